The first-order valence-electron chi connectivity index (χ1n) is 7.47. The van der Waals surface area contributed by atoms with Crippen molar-refractivity contribution in [2.24, 2.45) is 5.73 Å². The van der Waals surface area contributed by atoms with E-state index in [1.807, 2.05) is 52.8 Å². The normalized spacial score (nSPS) is 28.6. The van der Waals surface area contributed by atoms with Crippen LogP contribution in [0.5, 0.6) is 0 Å². The van der Waals surface area contributed by atoms with E-state index in [0.717, 1.165) is 0 Å². The molecule has 1 aliphatic rings. The Balaban J connectivity index is 0.000000829. The van der Waals surface area contributed by atoms with E-state index in [9.17, 15) is 5.11 Å². The van der Waals surface area contributed by atoms with Crippen molar-refractivity contribution in [3.05, 3.63) is 30.3 Å². The summed E-state index contributed by atoms with van der Waals surface area (Å²) in [5, 5.41) is 9.67. The average Bonchev–Trinajstić information content (AvgIpc) is 2.50. The van der Waals surface area contributed by atoms with Crippen LogP contribution in [0.1, 0.15) is 41.0 Å². The first kappa shape index (κ1) is 19.4. The number of hydrogen-bond donors (Lipinski definition) is 2. The maximum Gasteiger partial charge on any atom is 0.109 e. The lowest BCUT2D eigenvalue weighted by atomic mass is 10.0. The van der Waals surface area contributed by atoms with Gasteiger partial charge in [-0.1, -0.05) is 57.7 Å². The summed E-state index contributed by atoms with van der Waals surface area (Å²) in [6.45, 7) is 9.86. The molecule has 1 fully saturated rings. The fourth-order valence-corrected chi connectivity index (χ4v) is 2.98. The number of ether oxygens (including phenoxy) is 1. The lowest BCUT2D eigenvalue weighted by Crippen LogP contribution is -2.50. The minimum absolute atomic E-state index is 0.0378. The molecule has 0 aliphatic carbocycles. The van der Waals surface area contributed by atoms with E-state index in [-0.39, 0.29) is 17.6 Å². The average molecular weight is 299 g/mol. The van der Waals surface area contributed by atoms with Gasteiger partial charge in [0.1, 0.15) is 5.44 Å². The van der Waals surface area contributed by atoms with Gasteiger partial charge in [0.25, 0.3) is 0 Å². The molecule has 2 rings (SSSR count). The maximum absolute atomic E-state index is 9.67. The minimum Gasteiger partial charge on any atom is -0.389 e. The summed E-state index contributed by atoms with van der Waals surface area (Å²) in [7, 11) is 0. The van der Waals surface area contributed by atoms with Crippen LogP contribution in [0.2, 0.25) is 0 Å². The highest BCUT2D eigenvalue weighted by Crippen LogP contribution is 2.31. The molecule has 4 unspecified atom stereocenters. The van der Waals surface area contributed by atoms with E-state index < -0.39 is 6.10 Å². The Bertz CT molecular complexity index is 323. The number of benzene rings is 1. The van der Waals surface area contributed by atoms with Crippen molar-refractivity contribution in [3.8, 4) is 0 Å². The highest BCUT2D eigenvalue weighted by molar-refractivity contribution is 7.99. The Labute approximate surface area is 127 Å². The van der Waals surface area contributed by atoms with Gasteiger partial charge < -0.3 is 15.6 Å². The molecule has 1 saturated heterocycles. The highest BCUT2D eigenvalue weighted by atomic mass is 32.2. The zero-order chi connectivity index (χ0) is 15.5. The molecule has 20 heavy (non-hydrogen) atoms. The van der Waals surface area contributed by atoms with Crippen LogP contribution in [-0.2, 0) is 4.74 Å². The molecular weight excluding hydrogens is 270 g/mol. The molecule has 4 atom stereocenters. The van der Waals surface area contributed by atoms with Gasteiger partial charge in [0.2, 0.25) is 0 Å². The van der Waals surface area contributed by atoms with Crippen molar-refractivity contribution in [2.75, 3.05) is 0 Å². The first-order valence-corrected chi connectivity index (χ1v) is 8.35. The van der Waals surface area contributed by atoms with Gasteiger partial charge >= 0.3 is 0 Å². The van der Waals surface area contributed by atoms with Crippen LogP contribution in [-0.4, -0.2) is 28.8 Å². The number of nitrogens with two attached hydrogens (primary N) is 1. The molecule has 0 bridgehead atoms. The zero-order valence-corrected chi connectivity index (χ0v) is 14.1. The predicted octanol–water partition coefficient (Wildman–Crippen LogP) is 3.65. The van der Waals surface area contributed by atoms with Crippen LogP contribution in [0.4, 0.5) is 0 Å². The summed E-state index contributed by atoms with van der Waals surface area (Å²) in [6, 6.07) is 9.91. The number of aliphatic hydroxyl groups excluding tert-OH is 1. The van der Waals surface area contributed by atoms with E-state index in [1.165, 1.54) is 4.90 Å². The number of rotatable bonds is 2. The van der Waals surface area contributed by atoms with Crippen LogP contribution in [0, 0.1) is 0 Å². The van der Waals surface area contributed by atoms with Gasteiger partial charge in [0.15, 0.2) is 0 Å². The van der Waals surface area contributed by atoms with Gasteiger partial charge in [-0.05, 0) is 19.1 Å². The van der Waals surface area contributed by atoms with Gasteiger partial charge in [-0.3, -0.25) is 0 Å². The second kappa shape index (κ2) is 11.1. The van der Waals surface area contributed by atoms with Crippen LogP contribution >= 0.6 is 11.8 Å². The van der Waals surface area contributed by atoms with E-state index >= 15 is 0 Å². The van der Waals surface area contributed by atoms with E-state index in [0.29, 0.717) is 6.42 Å². The Hall–Kier alpha value is -0.550. The fourth-order valence-electron chi connectivity index (χ4n) is 1.81. The van der Waals surface area contributed by atoms with Gasteiger partial charge in [0, 0.05) is 17.4 Å². The van der Waals surface area contributed by atoms with Gasteiger partial charge in [-0.25, -0.2) is 0 Å². The molecule has 0 aromatic heterocycles. The second-order valence-electron chi connectivity index (χ2n) is 4.09. The third kappa shape index (κ3) is 6.27. The van der Waals surface area contributed by atoms with Crippen molar-refractivity contribution in [1.82, 2.24) is 0 Å². The third-order valence-corrected chi connectivity index (χ3v) is 3.87. The summed E-state index contributed by atoms with van der Waals surface area (Å²) in [6.07, 6.45) is -0.0528. The van der Waals surface area contributed by atoms with Crippen molar-refractivity contribution in [1.29, 1.82) is 0 Å². The van der Waals surface area contributed by atoms with Gasteiger partial charge in [-0.15, -0.1) is 0 Å². The topological polar surface area (TPSA) is 55.5 Å². The predicted molar refractivity (Wildman–Crippen MR) is 87.9 cm³/mol. The zero-order valence-electron chi connectivity index (χ0n) is 13.2. The summed E-state index contributed by atoms with van der Waals surface area (Å²) < 4.78 is 5.71. The summed E-state index contributed by atoms with van der Waals surface area (Å²) in [5.41, 5.74) is 5.91. The molecule has 1 aromatic carbocycles. The molecule has 0 saturated carbocycles. The van der Waals surface area contributed by atoms with Crippen LogP contribution in [0.25, 0.3) is 0 Å². The van der Waals surface area contributed by atoms with Crippen molar-refractivity contribution in [2.45, 2.75) is 69.6 Å². The van der Waals surface area contributed by atoms with Gasteiger partial charge in [-0.2, -0.15) is 0 Å². The summed E-state index contributed by atoms with van der Waals surface area (Å²) in [5.74, 6) is 0. The number of aliphatic hydroxyl groups is 1. The standard InChI is InChI=1S/C12H17NO2S.2C2H6/c1-8-12(14)10(13)7-11(15-8)16-9-5-3-2-4-6-9;2*1-2/h2-6,8,10-12,14H,7,13H2,1H3;2*1-2H3. The van der Waals surface area contributed by atoms with E-state index in [4.69, 9.17) is 10.5 Å². The maximum atomic E-state index is 9.67. The quantitative estimate of drug-likeness (QED) is 0.875. The third-order valence-electron chi connectivity index (χ3n) is 2.76. The van der Waals surface area contributed by atoms with Crippen molar-refractivity contribution in [3.63, 3.8) is 0 Å². The lowest BCUT2D eigenvalue weighted by molar-refractivity contribution is -0.0867. The Kier molecular flexibility index (Phi) is 10.8. The van der Waals surface area contributed by atoms with E-state index in [2.05, 4.69) is 12.1 Å². The Morgan fingerprint density at radius 3 is 2.20 bits per heavy atom. The monoisotopic (exact) mass is 299 g/mol. The summed E-state index contributed by atoms with van der Waals surface area (Å²) in [4.78, 5) is 1.17. The molecule has 1 aliphatic heterocycles. The largest absolute Gasteiger partial charge is 0.389 e. The molecule has 3 nitrogen and oxygen atoms in total. The Morgan fingerprint density at radius 1 is 1.15 bits per heavy atom. The highest BCUT2D eigenvalue weighted by Gasteiger charge is 2.33. The SMILES string of the molecule is CC.CC.CC1OC(Sc2ccccc2)CC(N)C1O. The van der Waals surface area contributed by atoms with Crippen LogP contribution in [0.3, 0.4) is 0 Å². The van der Waals surface area contributed by atoms with Gasteiger partial charge in [0.05, 0.1) is 12.2 Å². The molecule has 0 amide bonds. The van der Waals surface area contributed by atoms with Crippen molar-refractivity contribution < 1.29 is 9.84 Å². The number of hydrogen-bond acceptors (Lipinski definition) is 4. The lowest BCUT2D eigenvalue weighted by Gasteiger charge is -2.35. The number of thioether (sulfide) groups is 1. The summed E-state index contributed by atoms with van der Waals surface area (Å²) >= 11 is 1.66. The van der Waals surface area contributed by atoms with E-state index in [1.54, 1.807) is 11.8 Å². The van der Waals surface area contributed by atoms with Crippen LogP contribution < -0.4 is 5.73 Å². The Morgan fingerprint density at radius 2 is 1.70 bits per heavy atom. The molecule has 0 radical (unpaired) electrons. The molecule has 4 heteroatoms. The van der Waals surface area contributed by atoms with Crippen LogP contribution in [0.15, 0.2) is 35.2 Å². The smallest absolute Gasteiger partial charge is 0.109 e. The molecule has 116 valence electrons. The molecule has 0 spiro atoms. The molecule has 1 heterocycles. The van der Waals surface area contributed by atoms with Crippen molar-refractivity contribution >= 4 is 11.8 Å². The molecule has 1 aromatic rings. The first-order chi connectivity index (χ1) is 9.66. The fraction of sp³-hybridized carbons (Fsp3) is 0.625. The molecule has 3 N–H and O–H groups in total. The molecular formula is C16H29NO2S. The second-order valence-corrected chi connectivity index (χ2v) is 5.32. The minimum atomic E-state index is -0.548.